The fourth-order valence-corrected chi connectivity index (χ4v) is 2.88. The Morgan fingerprint density at radius 2 is 2.56 bits per heavy atom. The van der Waals surface area contributed by atoms with Crippen LogP contribution in [0.2, 0.25) is 0 Å². The van der Waals surface area contributed by atoms with Gasteiger partial charge >= 0.3 is 5.97 Å². The fourth-order valence-electron chi connectivity index (χ4n) is 2.13. The molecule has 1 aromatic rings. The molecule has 2 rings (SSSR count). The molecule has 1 aromatic heterocycles. The predicted molar refractivity (Wildman–Crippen MR) is 70.6 cm³/mol. The summed E-state index contributed by atoms with van der Waals surface area (Å²) in [5, 5.41) is 2.05. The Balaban J connectivity index is 1.90. The summed E-state index contributed by atoms with van der Waals surface area (Å²) in [5.41, 5.74) is 0. The molecule has 0 spiro atoms. The summed E-state index contributed by atoms with van der Waals surface area (Å²) < 4.78 is 10.4. The quantitative estimate of drug-likeness (QED) is 0.739. The average molecular weight is 269 g/mol. The molecule has 0 unspecified atom stereocenters. The molecule has 0 N–H and O–H groups in total. The molecule has 1 saturated heterocycles. The third kappa shape index (κ3) is 4.08. The topological polar surface area (TPSA) is 38.8 Å². The maximum atomic E-state index is 11.4. The predicted octanol–water partition coefficient (Wildman–Crippen LogP) is 1.90. The van der Waals surface area contributed by atoms with Gasteiger partial charge in [0.15, 0.2) is 0 Å². The minimum absolute atomic E-state index is 0.190. The highest BCUT2D eigenvalue weighted by Gasteiger charge is 2.21. The minimum atomic E-state index is -0.190. The molecule has 5 heteroatoms. The molecular formula is C13H19NO3S. The number of rotatable bonds is 6. The molecular weight excluding hydrogens is 250 g/mol. The number of hydrogen-bond acceptors (Lipinski definition) is 5. The smallest absolute Gasteiger partial charge is 0.319 e. The summed E-state index contributed by atoms with van der Waals surface area (Å²) >= 11 is 1.71. The van der Waals surface area contributed by atoms with Crippen LogP contribution in [-0.4, -0.2) is 43.8 Å². The number of carbonyl (C=O) groups excluding carboxylic acids is 1. The van der Waals surface area contributed by atoms with E-state index in [4.69, 9.17) is 9.47 Å². The second kappa shape index (κ2) is 6.87. The maximum absolute atomic E-state index is 11.4. The van der Waals surface area contributed by atoms with Gasteiger partial charge in [-0.15, -0.1) is 11.3 Å². The van der Waals surface area contributed by atoms with Gasteiger partial charge in [-0.25, -0.2) is 0 Å². The van der Waals surface area contributed by atoms with E-state index < -0.39 is 0 Å². The van der Waals surface area contributed by atoms with Crippen LogP contribution in [0.3, 0.4) is 0 Å². The van der Waals surface area contributed by atoms with Crippen LogP contribution in [0.4, 0.5) is 0 Å². The Morgan fingerprint density at radius 3 is 3.17 bits per heavy atom. The van der Waals surface area contributed by atoms with E-state index in [2.05, 4.69) is 16.3 Å². The third-order valence-electron chi connectivity index (χ3n) is 3.03. The van der Waals surface area contributed by atoms with E-state index in [1.54, 1.807) is 11.3 Å². The number of thiophene rings is 1. The van der Waals surface area contributed by atoms with Crippen molar-refractivity contribution in [1.82, 2.24) is 4.90 Å². The van der Waals surface area contributed by atoms with Crippen LogP contribution >= 0.6 is 11.3 Å². The Kier molecular flexibility index (Phi) is 5.16. The Hall–Kier alpha value is -0.910. The highest BCUT2D eigenvalue weighted by atomic mass is 32.1. The van der Waals surface area contributed by atoms with E-state index in [1.165, 1.54) is 12.0 Å². The van der Waals surface area contributed by atoms with E-state index >= 15 is 0 Å². The first-order valence-electron chi connectivity index (χ1n) is 6.21. The fraction of sp³-hybridized carbons (Fsp3) is 0.615. The lowest BCUT2D eigenvalue weighted by molar-refractivity contribution is -0.142. The number of nitrogens with zero attached hydrogens (tertiary/aromatic N) is 1. The summed E-state index contributed by atoms with van der Waals surface area (Å²) in [5.74, 6) is -0.190. The molecule has 1 aliphatic rings. The normalized spacial score (nSPS) is 19.3. The molecule has 100 valence electrons. The Morgan fingerprint density at radius 1 is 1.67 bits per heavy atom. The number of carbonyl (C=O) groups is 1. The summed E-state index contributed by atoms with van der Waals surface area (Å²) in [6.07, 6.45) is 2.47. The number of methoxy groups -OCH3 is 1. The molecule has 0 aliphatic carbocycles. The van der Waals surface area contributed by atoms with Gasteiger partial charge in [0.2, 0.25) is 0 Å². The second-order valence-electron chi connectivity index (χ2n) is 4.46. The second-order valence-corrected chi connectivity index (χ2v) is 5.49. The number of hydrogen-bond donors (Lipinski definition) is 0. The van der Waals surface area contributed by atoms with Crippen molar-refractivity contribution in [2.75, 3.05) is 26.8 Å². The molecule has 0 amide bonds. The summed E-state index contributed by atoms with van der Waals surface area (Å²) in [4.78, 5) is 14.8. The van der Waals surface area contributed by atoms with Gasteiger partial charge in [-0.05, 0) is 24.3 Å². The number of ether oxygens (including phenoxy) is 2. The van der Waals surface area contributed by atoms with Crippen LogP contribution < -0.4 is 0 Å². The summed E-state index contributed by atoms with van der Waals surface area (Å²) in [6.45, 7) is 2.75. The van der Waals surface area contributed by atoms with Gasteiger partial charge < -0.3 is 9.47 Å². The lowest BCUT2D eigenvalue weighted by Crippen LogP contribution is -2.36. The van der Waals surface area contributed by atoms with Crippen molar-refractivity contribution in [3.8, 4) is 0 Å². The first-order chi connectivity index (χ1) is 8.78. The van der Waals surface area contributed by atoms with Crippen molar-refractivity contribution in [2.45, 2.75) is 25.5 Å². The summed E-state index contributed by atoms with van der Waals surface area (Å²) in [6, 6.07) is 4.12. The van der Waals surface area contributed by atoms with E-state index in [0.29, 0.717) is 6.54 Å². The molecule has 4 nitrogen and oxygen atoms in total. The van der Waals surface area contributed by atoms with Gasteiger partial charge in [-0.1, -0.05) is 6.07 Å². The molecule has 18 heavy (non-hydrogen) atoms. The Labute approximate surface area is 111 Å². The highest BCUT2D eigenvalue weighted by Crippen LogP contribution is 2.17. The standard InChI is InChI=1S/C13H19NO3S/c1-16-13(15)10-14(8-11-4-2-6-17-11)9-12-5-3-7-18-12/h3,5,7,11H,2,4,6,8-10H2,1H3/t11-/m0/s1. The SMILES string of the molecule is COC(=O)CN(Cc1cccs1)C[C@@H]1CCCO1. The van der Waals surface area contributed by atoms with E-state index in [-0.39, 0.29) is 12.1 Å². The first kappa shape index (κ1) is 13.5. The monoisotopic (exact) mass is 269 g/mol. The van der Waals surface area contributed by atoms with Crippen LogP contribution in [0.1, 0.15) is 17.7 Å². The van der Waals surface area contributed by atoms with E-state index in [0.717, 1.165) is 32.5 Å². The molecule has 0 saturated carbocycles. The number of esters is 1. The van der Waals surface area contributed by atoms with Gasteiger partial charge in [0, 0.05) is 24.6 Å². The van der Waals surface area contributed by atoms with Crippen LogP contribution in [-0.2, 0) is 20.8 Å². The Bertz CT molecular complexity index is 360. The van der Waals surface area contributed by atoms with E-state index in [1.807, 2.05) is 6.07 Å². The van der Waals surface area contributed by atoms with Crippen molar-refractivity contribution in [2.24, 2.45) is 0 Å². The largest absolute Gasteiger partial charge is 0.468 e. The average Bonchev–Trinajstić information content (AvgIpc) is 3.02. The van der Waals surface area contributed by atoms with Gasteiger partial charge in [-0.2, -0.15) is 0 Å². The van der Waals surface area contributed by atoms with Gasteiger partial charge in [0.1, 0.15) is 0 Å². The molecule has 0 radical (unpaired) electrons. The van der Waals surface area contributed by atoms with Crippen molar-refractivity contribution in [3.05, 3.63) is 22.4 Å². The van der Waals surface area contributed by atoms with Crippen LogP contribution in [0.25, 0.3) is 0 Å². The molecule has 0 bridgehead atoms. The van der Waals surface area contributed by atoms with Crippen molar-refractivity contribution >= 4 is 17.3 Å². The van der Waals surface area contributed by atoms with Gasteiger partial charge in [-0.3, -0.25) is 9.69 Å². The zero-order valence-corrected chi connectivity index (χ0v) is 11.4. The molecule has 1 aliphatic heterocycles. The zero-order valence-electron chi connectivity index (χ0n) is 10.6. The lowest BCUT2D eigenvalue weighted by atomic mass is 10.2. The van der Waals surface area contributed by atoms with Crippen LogP contribution in [0.15, 0.2) is 17.5 Å². The first-order valence-corrected chi connectivity index (χ1v) is 7.09. The lowest BCUT2D eigenvalue weighted by Gasteiger charge is -2.23. The summed E-state index contributed by atoms with van der Waals surface area (Å²) in [7, 11) is 1.43. The van der Waals surface area contributed by atoms with Crippen molar-refractivity contribution in [1.29, 1.82) is 0 Å². The molecule has 1 fully saturated rings. The van der Waals surface area contributed by atoms with Crippen molar-refractivity contribution < 1.29 is 14.3 Å². The zero-order chi connectivity index (χ0) is 12.8. The van der Waals surface area contributed by atoms with Gasteiger partial charge in [0.25, 0.3) is 0 Å². The van der Waals surface area contributed by atoms with Crippen LogP contribution in [0.5, 0.6) is 0 Å². The van der Waals surface area contributed by atoms with E-state index in [9.17, 15) is 4.79 Å². The third-order valence-corrected chi connectivity index (χ3v) is 3.89. The van der Waals surface area contributed by atoms with Gasteiger partial charge in [0.05, 0.1) is 19.8 Å². The minimum Gasteiger partial charge on any atom is -0.468 e. The van der Waals surface area contributed by atoms with Crippen LogP contribution in [0, 0.1) is 0 Å². The highest BCUT2D eigenvalue weighted by molar-refractivity contribution is 7.09. The molecule has 2 heterocycles. The van der Waals surface area contributed by atoms with Crippen molar-refractivity contribution in [3.63, 3.8) is 0 Å². The molecule has 0 aromatic carbocycles. The maximum Gasteiger partial charge on any atom is 0.319 e. The molecule has 1 atom stereocenters.